The van der Waals surface area contributed by atoms with Gasteiger partial charge in [0.05, 0.1) is 10.6 Å². The molecule has 5 nitrogen and oxygen atoms in total. The molecule has 3 rings (SSSR count). The third-order valence-corrected chi connectivity index (χ3v) is 7.24. The zero-order valence-electron chi connectivity index (χ0n) is 18.6. The number of hydrogen-bond donors (Lipinski definition) is 1. The molecule has 0 radical (unpaired) electrons. The van der Waals surface area contributed by atoms with Gasteiger partial charge < -0.3 is 5.32 Å². The van der Waals surface area contributed by atoms with Crippen molar-refractivity contribution in [3.63, 3.8) is 0 Å². The van der Waals surface area contributed by atoms with Gasteiger partial charge >= 0.3 is 0 Å². The predicted octanol–water partition coefficient (Wildman–Crippen LogP) is 5.91. The van der Waals surface area contributed by atoms with Gasteiger partial charge in [-0.2, -0.15) is 0 Å². The number of halogens is 1. The molecule has 0 fully saturated rings. The van der Waals surface area contributed by atoms with Crippen LogP contribution in [0.3, 0.4) is 0 Å². The maximum Gasteiger partial charge on any atom is 0.264 e. The van der Waals surface area contributed by atoms with E-state index in [0.29, 0.717) is 10.7 Å². The van der Waals surface area contributed by atoms with Crippen LogP contribution in [0.5, 0.6) is 0 Å². The van der Waals surface area contributed by atoms with Gasteiger partial charge in [-0.15, -0.1) is 0 Å². The van der Waals surface area contributed by atoms with Crippen molar-refractivity contribution in [2.45, 2.75) is 38.5 Å². The van der Waals surface area contributed by atoms with Crippen molar-refractivity contribution < 1.29 is 13.2 Å². The van der Waals surface area contributed by atoms with Gasteiger partial charge in [0.1, 0.15) is 6.54 Å². The molecule has 0 aliphatic rings. The van der Waals surface area contributed by atoms with Crippen molar-refractivity contribution in [3.8, 4) is 0 Å². The highest BCUT2D eigenvalue weighted by atomic mass is 35.5. The Morgan fingerprint density at radius 2 is 1.59 bits per heavy atom. The molecule has 0 saturated heterocycles. The number of carbonyl (C=O) groups is 1. The molecule has 0 atom stereocenters. The number of sulfonamides is 1. The van der Waals surface area contributed by atoms with Crippen LogP contribution in [0, 0.1) is 13.8 Å². The topological polar surface area (TPSA) is 66.5 Å². The Bertz CT molecular complexity index is 1200. The van der Waals surface area contributed by atoms with Crippen LogP contribution in [0.1, 0.15) is 36.5 Å². The van der Waals surface area contributed by atoms with Crippen LogP contribution in [0.4, 0.5) is 11.4 Å². The van der Waals surface area contributed by atoms with Crippen molar-refractivity contribution in [1.82, 2.24) is 0 Å². The van der Waals surface area contributed by atoms with E-state index in [4.69, 9.17) is 11.6 Å². The van der Waals surface area contributed by atoms with Crippen LogP contribution >= 0.6 is 11.6 Å². The number of amides is 1. The van der Waals surface area contributed by atoms with E-state index in [-0.39, 0.29) is 17.4 Å². The summed E-state index contributed by atoms with van der Waals surface area (Å²) < 4.78 is 28.1. The van der Waals surface area contributed by atoms with Gasteiger partial charge in [0, 0.05) is 10.7 Å². The Kier molecular flexibility index (Phi) is 7.26. The van der Waals surface area contributed by atoms with E-state index in [9.17, 15) is 13.2 Å². The Labute approximate surface area is 195 Å². The molecule has 0 saturated carbocycles. The molecule has 7 heteroatoms. The first-order chi connectivity index (χ1) is 15.1. The largest absolute Gasteiger partial charge is 0.324 e. The summed E-state index contributed by atoms with van der Waals surface area (Å²) in [6, 6.07) is 18.8. The highest BCUT2D eigenvalue weighted by molar-refractivity contribution is 7.92. The van der Waals surface area contributed by atoms with Crippen molar-refractivity contribution in [1.29, 1.82) is 0 Å². The minimum atomic E-state index is -3.98. The number of benzene rings is 3. The Morgan fingerprint density at radius 1 is 0.969 bits per heavy atom. The van der Waals surface area contributed by atoms with E-state index in [1.165, 1.54) is 0 Å². The SMILES string of the molecule is Cc1ccc(S(=O)(=O)N(CC(=O)Nc2c(C)cccc2C(C)C)c2ccc(Cl)cc2)cc1. The molecule has 0 bridgehead atoms. The fourth-order valence-corrected chi connectivity index (χ4v) is 4.96. The van der Waals surface area contributed by atoms with Gasteiger partial charge in [-0.1, -0.05) is 61.3 Å². The monoisotopic (exact) mass is 470 g/mol. The zero-order valence-corrected chi connectivity index (χ0v) is 20.2. The zero-order chi connectivity index (χ0) is 23.5. The van der Waals surface area contributed by atoms with Gasteiger partial charge in [-0.05, 0) is 67.3 Å². The number of nitrogens with zero attached hydrogens (tertiary/aromatic N) is 1. The first-order valence-corrected chi connectivity index (χ1v) is 12.2. The minimum absolute atomic E-state index is 0.115. The van der Waals surface area contributed by atoms with Crippen LogP contribution < -0.4 is 9.62 Å². The third-order valence-electron chi connectivity index (χ3n) is 5.20. The number of para-hydroxylation sites is 1. The second kappa shape index (κ2) is 9.76. The number of nitrogens with one attached hydrogen (secondary N) is 1. The summed E-state index contributed by atoms with van der Waals surface area (Å²) >= 11 is 6.00. The molecule has 1 amide bonds. The van der Waals surface area contributed by atoms with Crippen LogP contribution in [-0.4, -0.2) is 20.9 Å². The van der Waals surface area contributed by atoms with Crippen molar-refractivity contribution >= 4 is 38.9 Å². The van der Waals surface area contributed by atoms with Crippen LogP contribution in [0.25, 0.3) is 0 Å². The molecule has 3 aromatic rings. The van der Waals surface area contributed by atoms with Crippen LogP contribution in [-0.2, 0) is 14.8 Å². The maximum atomic E-state index is 13.5. The summed E-state index contributed by atoms with van der Waals surface area (Å²) in [5, 5.41) is 3.41. The van der Waals surface area contributed by atoms with Crippen molar-refractivity contribution in [3.05, 3.63) is 88.4 Å². The molecule has 1 N–H and O–H groups in total. The lowest BCUT2D eigenvalue weighted by molar-refractivity contribution is -0.114. The summed E-state index contributed by atoms with van der Waals surface area (Å²) in [4.78, 5) is 13.2. The fourth-order valence-electron chi connectivity index (χ4n) is 3.41. The lowest BCUT2D eigenvalue weighted by Crippen LogP contribution is -2.38. The van der Waals surface area contributed by atoms with E-state index in [2.05, 4.69) is 5.32 Å². The first kappa shape index (κ1) is 23.8. The molecule has 3 aromatic carbocycles. The first-order valence-electron chi connectivity index (χ1n) is 10.3. The standard InChI is InChI=1S/C25H27ClN2O3S/c1-17(2)23-7-5-6-19(4)25(23)27-24(29)16-28(21-12-10-20(26)11-13-21)32(30,31)22-14-8-18(3)9-15-22/h5-15,17H,16H2,1-4H3,(H,27,29). The van der Waals surface area contributed by atoms with E-state index in [0.717, 1.165) is 26.7 Å². The molecule has 32 heavy (non-hydrogen) atoms. The molecule has 0 heterocycles. The van der Waals surface area contributed by atoms with E-state index in [1.54, 1.807) is 48.5 Å². The smallest absolute Gasteiger partial charge is 0.264 e. The fraction of sp³-hybridized carbons (Fsp3) is 0.240. The quantitative estimate of drug-likeness (QED) is 0.466. The van der Waals surface area contributed by atoms with Gasteiger partial charge in [-0.25, -0.2) is 8.42 Å². The normalized spacial score (nSPS) is 11.4. The molecule has 168 valence electrons. The summed E-state index contributed by atoms with van der Waals surface area (Å²) in [6.07, 6.45) is 0. The van der Waals surface area contributed by atoms with Gasteiger partial charge in [0.2, 0.25) is 5.91 Å². The second-order valence-electron chi connectivity index (χ2n) is 8.04. The lowest BCUT2D eigenvalue weighted by atomic mass is 9.98. The molecule has 0 aromatic heterocycles. The summed E-state index contributed by atoms with van der Waals surface area (Å²) in [7, 11) is -3.98. The number of anilines is 2. The predicted molar refractivity (Wildman–Crippen MR) is 131 cm³/mol. The average molecular weight is 471 g/mol. The van der Waals surface area contributed by atoms with Crippen LogP contribution in [0.2, 0.25) is 5.02 Å². The summed E-state index contributed by atoms with van der Waals surface area (Å²) in [5.41, 5.74) is 3.94. The number of aryl methyl sites for hydroxylation is 2. The number of rotatable bonds is 7. The van der Waals surface area contributed by atoms with Crippen molar-refractivity contribution in [2.75, 3.05) is 16.2 Å². The minimum Gasteiger partial charge on any atom is -0.324 e. The molecule has 0 unspecified atom stereocenters. The van der Waals surface area contributed by atoms with Crippen molar-refractivity contribution in [2.24, 2.45) is 0 Å². The van der Waals surface area contributed by atoms with E-state index in [1.807, 2.05) is 45.9 Å². The average Bonchev–Trinajstić information content (AvgIpc) is 2.74. The summed E-state index contributed by atoms with van der Waals surface area (Å²) in [6.45, 7) is 7.53. The van der Waals surface area contributed by atoms with Gasteiger partial charge in [0.25, 0.3) is 10.0 Å². The Balaban J connectivity index is 1.98. The third kappa shape index (κ3) is 5.31. The van der Waals surface area contributed by atoms with Gasteiger partial charge in [-0.3, -0.25) is 9.10 Å². The maximum absolute atomic E-state index is 13.5. The number of carbonyl (C=O) groups excluding carboxylic acids is 1. The highest BCUT2D eigenvalue weighted by Gasteiger charge is 2.27. The van der Waals surface area contributed by atoms with Crippen LogP contribution in [0.15, 0.2) is 71.6 Å². The second-order valence-corrected chi connectivity index (χ2v) is 10.3. The van der Waals surface area contributed by atoms with E-state index >= 15 is 0 Å². The molecular formula is C25H27ClN2O3S. The van der Waals surface area contributed by atoms with E-state index < -0.39 is 15.9 Å². The summed E-state index contributed by atoms with van der Waals surface area (Å²) in [5.74, 6) is -0.222. The molecular weight excluding hydrogens is 444 g/mol. The highest BCUT2D eigenvalue weighted by Crippen LogP contribution is 2.29. The molecule has 0 aliphatic carbocycles. The molecule has 0 aliphatic heterocycles. The van der Waals surface area contributed by atoms with Gasteiger partial charge in [0.15, 0.2) is 0 Å². The number of hydrogen-bond acceptors (Lipinski definition) is 3. The molecule has 0 spiro atoms. The lowest BCUT2D eigenvalue weighted by Gasteiger charge is -2.25. The Morgan fingerprint density at radius 3 is 2.19 bits per heavy atom. The Hall–Kier alpha value is -2.83.